The zero-order chi connectivity index (χ0) is 24.1. The van der Waals surface area contributed by atoms with Crippen LogP contribution in [0, 0.1) is 23.7 Å². The van der Waals surface area contributed by atoms with Gasteiger partial charge in [0.1, 0.15) is 12.4 Å². The molecule has 1 aromatic rings. The third kappa shape index (κ3) is 5.88. The number of ether oxygens (including phenoxy) is 3. The maximum absolute atomic E-state index is 6.28. The Morgan fingerprint density at radius 2 is 1.51 bits per heavy atom. The fourth-order valence-corrected chi connectivity index (χ4v) is 7.47. The Labute approximate surface area is 211 Å². The van der Waals surface area contributed by atoms with Gasteiger partial charge in [-0.2, -0.15) is 0 Å². The van der Waals surface area contributed by atoms with Crippen LogP contribution in [0.3, 0.4) is 0 Å². The third-order valence-corrected chi connectivity index (χ3v) is 9.11. The van der Waals surface area contributed by atoms with Gasteiger partial charge in [0, 0.05) is 38.6 Å². The summed E-state index contributed by atoms with van der Waals surface area (Å²) in [6, 6.07) is 8.68. The molecule has 6 rings (SSSR count). The van der Waals surface area contributed by atoms with Crippen molar-refractivity contribution < 1.29 is 24.0 Å². The molecule has 5 saturated carbocycles. The zero-order valence-electron chi connectivity index (χ0n) is 21.7. The summed E-state index contributed by atoms with van der Waals surface area (Å²) in [5, 5.41) is 3.33. The molecule has 0 aliphatic heterocycles. The monoisotopic (exact) mass is 487 g/mol. The molecule has 0 unspecified atom stereocenters. The van der Waals surface area contributed by atoms with Crippen LogP contribution in [0.4, 0.5) is 0 Å². The highest BCUT2D eigenvalue weighted by molar-refractivity contribution is 5.29. The molecule has 0 atom stereocenters. The van der Waals surface area contributed by atoms with Crippen LogP contribution in [0.25, 0.3) is 0 Å². The maximum Gasteiger partial charge on any atom is 0.207 e. The minimum atomic E-state index is -0.501. The Morgan fingerprint density at radius 3 is 2.14 bits per heavy atom. The first-order valence-corrected chi connectivity index (χ1v) is 14.1. The minimum absolute atomic E-state index is 0.174. The SMILES string of the molecule is CCOCCNCCOc1ccc(C2CCC(OOC3(OC)C4CC5CC(C4)CC3C5)CC2)cc1. The molecule has 1 N–H and O–H groups in total. The Balaban J connectivity index is 1.03. The Hall–Kier alpha value is -1.18. The van der Waals surface area contributed by atoms with E-state index < -0.39 is 5.79 Å². The van der Waals surface area contributed by atoms with E-state index in [1.54, 1.807) is 0 Å². The van der Waals surface area contributed by atoms with E-state index in [0.717, 1.165) is 69.6 Å². The molecule has 5 aliphatic rings. The highest BCUT2D eigenvalue weighted by Crippen LogP contribution is 2.60. The first kappa shape index (κ1) is 25.5. The summed E-state index contributed by atoms with van der Waals surface area (Å²) in [5.41, 5.74) is 1.40. The van der Waals surface area contributed by atoms with E-state index in [0.29, 0.717) is 24.4 Å². The largest absolute Gasteiger partial charge is 0.492 e. The Bertz CT molecular complexity index is 748. The number of hydrogen-bond donors (Lipinski definition) is 1. The number of rotatable bonds is 13. The molecular weight excluding hydrogens is 442 g/mol. The molecule has 196 valence electrons. The van der Waals surface area contributed by atoms with Crippen molar-refractivity contribution in [2.24, 2.45) is 23.7 Å². The number of nitrogens with one attached hydrogen (secondary N) is 1. The Morgan fingerprint density at radius 1 is 0.857 bits per heavy atom. The summed E-state index contributed by atoms with van der Waals surface area (Å²) in [6.07, 6.45) is 11.0. The van der Waals surface area contributed by atoms with Crippen LogP contribution in [0.2, 0.25) is 0 Å². The molecular formula is C29H45NO5. The molecule has 6 heteroatoms. The van der Waals surface area contributed by atoms with Gasteiger partial charge >= 0.3 is 0 Å². The van der Waals surface area contributed by atoms with Gasteiger partial charge in [-0.05, 0) is 100 Å². The fourth-order valence-electron chi connectivity index (χ4n) is 7.47. The van der Waals surface area contributed by atoms with Crippen LogP contribution in [-0.4, -0.2) is 51.9 Å². The lowest BCUT2D eigenvalue weighted by molar-refractivity contribution is -0.485. The molecule has 1 aromatic carbocycles. The third-order valence-electron chi connectivity index (χ3n) is 9.11. The molecule has 6 nitrogen and oxygen atoms in total. The van der Waals surface area contributed by atoms with Gasteiger partial charge in [-0.3, -0.25) is 0 Å². The molecule has 0 radical (unpaired) electrons. The van der Waals surface area contributed by atoms with E-state index >= 15 is 0 Å². The lowest BCUT2D eigenvalue weighted by atomic mass is 9.53. The van der Waals surface area contributed by atoms with Crippen molar-refractivity contribution in [2.45, 2.75) is 82.5 Å². The summed E-state index contributed by atoms with van der Waals surface area (Å²) in [7, 11) is 1.83. The van der Waals surface area contributed by atoms with Gasteiger partial charge in [0.05, 0.1) is 12.7 Å². The van der Waals surface area contributed by atoms with Crippen LogP contribution < -0.4 is 10.1 Å². The van der Waals surface area contributed by atoms with Crippen molar-refractivity contribution >= 4 is 0 Å². The second-order valence-electron chi connectivity index (χ2n) is 11.2. The average Bonchev–Trinajstić information content (AvgIpc) is 2.89. The smallest absolute Gasteiger partial charge is 0.207 e. The van der Waals surface area contributed by atoms with Crippen molar-refractivity contribution in [1.29, 1.82) is 0 Å². The van der Waals surface area contributed by atoms with Crippen LogP contribution >= 0.6 is 0 Å². The quantitative estimate of drug-likeness (QED) is 0.172. The van der Waals surface area contributed by atoms with Gasteiger partial charge in [0.2, 0.25) is 5.79 Å². The molecule has 0 amide bonds. The normalized spacial score (nSPS) is 35.9. The highest BCUT2D eigenvalue weighted by Gasteiger charge is 2.60. The summed E-state index contributed by atoms with van der Waals surface area (Å²) in [4.78, 5) is 12.4. The highest BCUT2D eigenvalue weighted by atomic mass is 17.2. The predicted octanol–water partition coefficient (Wildman–Crippen LogP) is 5.46. The standard InChI is InChI=1S/C29H45NO5/c1-3-32-14-12-30-13-15-33-27-8-4-23(5-9-27)24-6-10-28(11-7-24)34-35-29(31-2)25-17-21-16-22(19-25)20-26(29)18-21/h4-5,8-9,21-22,24-26,28,30H,3,6-7,10-20H2,1-2H3. The summed E-state index contributed by atoms with van der Waals surface area (Å²) >= 11 is 0. The van der Waals surface area contributed by atoms with Crippen molar-refractivity contribution in [3.63, 3.8) is 0 Å². The predicted molar refractivity (Wildman–Crippen MR) is 135 cm³/mol. The van der Waals surface area contributed by atoms with Gasteiger partial charge in [-0.15, -0.1) is 0 Å². The van der Waals surface area contributed by atoms with Gasteiger partial charge in [0.25, 0.3) is 0 Å². The average molecular weight is 488 g/mol. The molecule has 0 saturated heterocycles. The summed E-state index contributed by atoms with van der Waals surface area (Å²) in [5.74, 6) is 3.81. The second-order valence-corrected chi connectivity index (χ2v) is 11.2. The lowest BCUT2D eigenvalue weighted by Gasteiger charge is -2.58. The molecule has 4 bridgehead atoms. The van der Waals surface area contributed by atoms with Gasteiger partial charge in [-0.25, -0.2) is 9.78 Å². The van der Waals surface area contributed by atoms with E-state index in [9.17, 15) is 0 Å². The van der Waals surface area contributed by atoms with Crippen molar-refractivity contribution in [3.05, 3.63) is 29.8 Å². The van der Waals surface area contributed by atoms with Crippen LogP contribution in [0.15, 0.2) is 24.3 Å². The van der Waals surface area contributed by atoms with Crippen molar-refractivity contribution in [2.75, 3.05) is 40.0 Å². The number of methoxy groups -OCH3 is 1. The first-order valence-electron chi connectivity index (χ1n) is 14.1. The summed E-state index contributed by atoms with van der Waals surface area (Å²) < 4.78 is 17.3. The maximum atomic E-state index is 6.28. The number of benzene rings is 1. The molecule has 35 heavy (non-hydrogen) atoms. The lowest BCUT2D eigenvalue weighted by Crippen LogP contribution is -2.60. The van der Waals surface area contributed by atoms with Gasteiger partial charge in [-0.1, -0.05) is 12.1 Å². The van der Waals surface area contributed by atoms with E-state index in [-0.39, 0.29) is 6.10 Å². The minimum Gasteiger partial charge on any atom is -0.492 e. The van der Waals surface area contributed by atoms with Gasteiger partial charge < -0.3 is 19.5 Å². The van der Waals surface area contributed by atoms with Crippen LogP contribution in [-0.2, 0) is 19.2 Å². The van der Waals surface area contributed by atoms with Crippen molar-refractivity contribution in [3.8, 4) is 5.75 Å². The van der Waals surface area contributed by atoms with E-state index in [1.165, 1.54) is 37.7 Å². The van der Waals surface area contributed by atoms with E-state index in [1.807, 2.05) is 14.0 Å². The molecule has 5 fully saturated rings. The molecule has 0 aromatic heterocycles. The summed E-state index contributed by atoms with van der Waals surface area (Å²) in [6.45, 7) is 5.89. The second kappa shape index (κ2) is 11.9. The van der Waals surface area contributed by atoms with Crippen LogP contribution in [0.1, 0.15) is 76.2 Å². The van der Waals surface area contributed by atoms with E-state index in [2.05, 4.69) is 29.6 Å². The van der Waals surface area contributed by atoms with Crippen molar-refractivity contribution in [1.82, 2.24) is 5.32 Å². The van der Waals surface area contributed by atoms with Crippen LogP contribution in [0.5, 0.6) is 5.75 Å². The molecule has 5 aliphatic carbocycles. The first-order chi connectivity index (χ1) is 17.2. The fraction of sp³-hybridized carbons (Fsp3) is 0.793. The number of hydrogen-bond acceptors (Lipinski definition) is 6. The van der Waals surface area contributed by atoms with Gasteiger partial charge in [0.15, 0.2) is 0 Å². The topological polar surface area (TPSA) is 58.2 Å². The molecule has 0 spiro atoms. The van der Waals surface area contributed by atoms with E-state index in [4.69, 9.17) is 24.0 Å². The Kier molecular flexibility index (Phi) is 8.67. The molecule has 0 heterocycles. The zero-order valence-corrected chi connectivity index (χ0v) is 21.7.